The van der Waals surface area contributed by atoms with Crippen molar-refractivity contribution in [2.75, 3.05) is 6.54 Å². The SMILES string of the molecule is CCCNCc1snnc1-c1c(F)cccc1F. The largest absolute Gasteiger partial charge is 0.312 e. The van der Waals surface area contributed by atoms with Crippen molar-refractivity contribution in [2.24, 2.45) is 0 Å². The Bertz CT molecular complexity index is 508. The highest BCUT2D eigenvalue weighted by molar-refractivity contribution is 7.05. The van der Waals surface area contributed by atoms with E-state index in [2.05, 4.69) is 21.8 Å². The highest BCUT2D eigenvalue weighted by Crippen LogP contribution is 2.28. The zero-order valence-electron chi connectivity index (χ0n) is 9.91. The third-order valence-electron chi connectivity index (χ3n) is 2.47. The molecular weight excluding hydrogens is 256 g/mol. The van der Waals surface area contributed by atoms with Gasteiger partial charge >= 0.3 is 0 Å². The maximum Gasteiger partial charge on any atom is 0.135 e. The van der Waals surface area contributed by atoms with Gasteiger partial charge < -0.3 is 5.32 Å². The van der Waals surface area contributed by atoms with E-state index in [-0.39, 0.29) is 5.56 Å². The molecule has 0 radical (unpaired) electrons. The molecule has 0 aliphatic carbocycles. The summed E-state index contributed by atoms with van der Waals surface area (Å²) in [6.07, 6.45) is 0.996. The first-order chi connectivity index (χ1) is 8.74. The summed E-state index contributed by atoms with van der Waals surface area (Å²) in [5.41, 5.74) is 0.193. The first-order valence-electron chi connectivity index (χ1n) is 5.70. The molecule has 1 N–H and O–H groups in total. The van der Waals surface area contributed by atoms with Crippen LogP contribution < -0.4 is 5.32 Å². The van der Waals surface area contributed by atoms with E-state index in [0.29, 0.717) is 12.2 Å². The molecule has 0 atom stereocenters. The molecular formula is C12H13F2N3S. The Morgan fingerprint density at radius 1 is 1.28 bits per heavy atom. The summed E-state index contributed by atoms with van der Waals surface area (Å²) in [4.78, 5) is 0.743. The molecule has 0 amide bonds. The van der Waals surface area contributed by atoms with Gasteiger partial charge in [0, 0.05) is 6.54 Å². The minimum atomic E-state index is -0.612. The average Bonchev–Trinajstić information content (AvgIpc) is 2.78. The van der Waals surface area contributed by atoms with E-state index in [1.807, 2.05) is 0 Å². The second-order valence-electron chi connectivity index (χ2n) is 3.82. The van der Waals surface area contributed by atoms with Crippen LogP contribution >= 0.6 is 11.5 Å². The Balaban J connectivity index is 2.31. The van der Waals surface area contributed by atoms with Crippen LogP contribution in [-0.2, 0) is 6.54 Å². The average molecular weight is 269 g/mol. The van der Waals surface area contributed by atoms with Crippen LogP contribution in [0.5, 0.6) is 0 Å². The predicted octanol–water partition coefficient (Wildman–Crippen LogP) is 2.98. The summed E-state index contributed by atoms with van der Waals surface area (Å²) in [6.45, 7) is 3.42. The maximum atomic E-state index is 13.7. The first-order valence-corrected chi connectivity index (χ1v) is 6.47. The van der Waals surface area contributed by atoms with Gasteiger partial charge in [-0.2, -0.15) is 0 Å². The molecule has 0 bridgehead atoms. The van der Waals surface area contributed by atoms with Crippen molar-refractivity contribution in [3.8, 4) is 11.3 Å². The molecule has 18 heavy (non-hydrogen) atoms. The highest BCUT2D eigenvalue weighted by Gasteiger charge is 2.18. The lowest BCUT2D eigenvalue weighted by molar-refractivity contribution is 0.587. The van der Waals surface area contributed by atoms with Gasteiger partial charge in [-0.05, 0) is 36.6 Å². The molecule has 0 spiro atoms. The molecule has 2 rings (SSSR count). The van der Waals surface area contributed by atoms with Gasteiger partial charge in [0.05, 0.1) is 10.4 Å². The number of rotatable bonds is 5. The molecule has 1 heterocycles. The fourth-order valence-electron chi connectivity index (χ4n) is 1.62. The van der Waals surface area contributed by atoms with Crippen LogP contribution in [0.25, 0.3) is 11.3 Å². The quantitative estimate of drug-likeness (QED) is 0.848. The van der Waals surface area contributed by atoms with Crippen LogP contribution in [0.4, 0.5) is 8.78 Å². The maximum absolute atomic E-state index is 13.7. The molecule has 1 aromatic carbocycles. The topological polar surface area (TPSA) is 37.8 Å². The molecule has 2 aromatic rings. The third-order valence-corrected chi connectivity index (χ3v) is 3.19. The van der Waals surface area contributed by atoms with Crippen molar-refractivity contribution in [3.63, 3.8) is 0 Å². The van der Waals surface area contributed by atoms with E-state index in [4.69, 9.17) is 0 Å². The summed E-state index contributed by atoms with van der Waals surface area (Å²) >= 11 is 1.16. The van der Waals surface area contributed by atoms with Gasteiger partial charge in [0.2, 0.25) is 0 Å². The lowest BCUT2D eigenvalue weighted by Gasteiger charge is -2.05. The van der Waals surface area contributed by atoms with Gasteiger partial charge in [0.15, 0.2) is 0 Å². The normalized spacial score (nSPS) is 10.8. The van der Waals surface area contributed by atoms with Crippen molar-refractivity contribution in [1.82, 2.24) is 14.9 Å². The summed E-state index contributed by atoms with van der Waals surface area (Å²) in [5.74, 6) is -1.22. The molecule has 3 nitrogen and oxygen atoms in total. The minimum Gasteiger partial charge on any atom is -0.312 e. The fourth-order valence-corrected chi connectivity index (χ4v) is 2.23. The van der Waals surface area contributed by atoms with Crippen molar-refractivity contribution in [1.29, 1.82) is 0 Å². The van der Waals surface area contributed by atoms with E-state index in [1.165, 1.54) is 18.2 Å². The Morgan fingerprint density at radius 2 is 2.00 bits per heavy atom. The Kier molecular flexibility index (Phi) is 4.33. The van der Waals surface area contributed by atoms with E-state index < -0.39 is 11.6 Å². The van der Waals surface area contributed by atoms with Crippen LogP contribution in [0.15, 0.2) is 18.2 Å². The summed E-state index contributed by atoms with van der Waals surface area (Å²) in [7, 11) is 0. The Morgan fingerprint density at radius 3 is 2.67 bits per heavy atom. The molecule has 0 saturated heterocycles. The standard InChI is InChI=1S/C12H13F2N3S/c1-2-6-15-7-10-12(16-17-18-10)11-8(13)4-3-5-9(11)14/h3-5,15H,2,6-7H2,1H3. The van der Waals surface area contributed by atoms with Gasteiger partial charge in [0.25, 0.3) is 0 Å². The van der Waals surface area contributed by atoms with E-state index in [0.717, 1.165) is 29.4 Å². The number of hydrogen-bond donors (Lipinski definition) is 1. The lowest BCUT2D eigenvalue weighted by Crippen LogP contribution is -2.13. The number of benzene rings is 1. The molecule has 0 aliphatic rings. The molecule has 0 aliphatic heterocycles. The van der Waals surface area contributed by atoms with Crippen LogP contribution in [0.3, 0.4) is 0 Å². The minimum absolute atomic E-state index is 0.0976. The Hall–Kier alpha value is -1.40. The van der Waals surface area contributed by atoms with Gasteiger partial charge in [-0.15, -0.1) is 5.10 Å². The second-order valence-corrected chi connectivity index (χ2v) is 4.66. The molecule has 0 fully saturated rings. The third kappa shape index (κ3) is 2.70. The molecule has 0 saturated carbocycles. The number of nitrogens with zero attached hydrogens (tertiary/aromatic N) is 2. The first kappa shape index (κ1) is 13.0. The van der Waals surface area contributed by atoms with Crippen LogP contribution in [0.2, 0.25) is 0 Å². The number of hydrogen-bond acceptors (Lipinski definition) is 4. The molecule has 6 heteroatoms. The number of halogens is 2. The second kappa shape index (κ2) is 5.97. The van der Waals surface area contributed by atoms with Gasteiger partial charge in [-0.3, -0.25) is 0 Å². The summed E-state index contributed by atoms with van der Waals surface area (Å²) in [5, 5.41) is 7.01. The van der Waals surface area contributed by atoms with Crippen molar-refractivity contribution < 1.29 is 8.78 Å². The Labute approximate surface area is 108 Å². The van der Waals surface area contributed by atoms with Crippen LogP contribution in [0, 0.1) is 11.6 Å². The zero-order chi connectivity index (χ0) is 13.0. The molecule has 1 aromatic heterocycles. The summed E-state index contributed by atoms with van der Waals surface area (Å²) in [6, 6.07) is 3.78. The smallest absolute Gasteiger partial charge is 0.135 e. The number of nitrogens with one attached hydrogen (secondary N) is 1. The predicted molar refractivity (Wildman–Crippen MR) is 67.3 cm³/mol. The fraction of sp³-hybridized carbons (Fsp3) is 0.333. The van der Waals surface area contributed by atoms with Gasteiger partial charge in [-0.25, -0.2) is 8.78 Å². The number of aromatic nitrogens is 2. The van der Waals surface area contributed by atoms with E-state index in [1.54, 1.807) is 0 Å². The molecule has 96 valence electrons. The van der Waals surface area contributed by atoms with Gasteiger partial charge in [0.1, 0.15) is 17.3 Å². The van der Waals surface area contributed by atoms with E-state index in [9.17, 15) is 8.78 Å². The van der Waals surface area contributed by atoms with Crippen LogP contribution in [0.1, 0.15) is 18.2 Å². The van der Waals surface area contributed by atoms with E-state index >= 15 is 0 Å². The highest BCUT2D eigenvalue weighted by atomic mass is 32.1. The summed E-state index contributed by atoms with van der Waals surface area (Å²) < 4.78 is 31.1. The molecule has 0 unspecified atom stereocenters. The van der Waals surface area contributed by atoms with Crippen LogP contribution in [-0.4, -0.2) is 16.1 Å². The monoisotopic (exact) mass is 269 g/mol. The van der Waals surface area contributed by atoms with Crippen molar-refractivity contribution >= 4 is 11.5 Å². The van der Waals surface area contributed by atoms with Crippen molar-refractivity contribution in [3.05, 3.63) is 34.7 Å². The van der Waals surface area contributed by atoms with Gasteiger partial charge in [-0.1, -0.05) is 17.5 Å². The zero-order valence-corrected chi connectivity index (χ0v) is 10.7. The van der Waals surface area contributed by atoms with Crippen molar-refractivity contribution in [2.45, 2.75) is 19.9 Å². The lowest BCUT2D eigenvalue weighted by atomic mass is 10.1.